The summed E-state index contributed by atoms with van der Waals surface area (Å²) in [5.74, 6) is -3.23. The molecule has 1 aliphatic heterocycles. The highest BCUT2D eigenvalue weighted by Crippen LogP contribution is 2.28. The summed E-state index contributed by atoms with van der Waals surface area (Å²) >= 11 is 0. The van der Waals surface area contributed by atoms with E-state index in [1.54, 1.807) is 6.07 Å². The van der Waals surface area contributed by atoms with Gasteiger partial charge in [-0.2, -0.15) is 5.26 Å². The van der Waals surface area contributed by atoms with E-state index in [4.69, 9.17) is 10.00 Å². The van der Waals surface area contributed by atoms with E-state index in [1.807, 2.05) is 0 Å². The van der Waals surface area contributed by atoms with Crippen LogP contribution in [0.5, 0.6) is 5.75 Å². The SMILES string of the molecule is CS(=O)(=O)c1ccc(OC(CF)CF)c(C(=O)N2CCN(c3ccc(C#N)c(F)c3F)CC2)c1. The summed E-state index contributed by atoms with van der Waals surface area (Å²) in [6, 6.07) is 7.44. The van der Waals surface area contributed by atoms with Gasteiger partial charge in [0.05, 0.1) is 21.7 Å². The average Bonchev–Trinajstić information content (AvgIpc) is 2.83. The van der Waals surface area contributed by atoms with Crippen LogP contribution in [0.2, 0.25) is 0 Å². The minimum Gasteiger partial charge on any atom is -0.484 e. The number of rotatable bonds is 7. The number of hydrogen-bond donors (Lipinski definition) is 0. The zero-order valence-electron chi connectivity index (χ0n) is 18.1. The van der Waals surface area contributed by atoms with Crippen molar-refractivity contribution in [2.75, 3.05) is 50.7 Å². The molecule has 0 N–H and O–H groups in total. The molecular formula is C22H21F4N3O4S. The van der Waals surface area contributed by atoms with Crippen molar-refractivity contribution in [2.45, 2.75) is 11.0 Å². The molecule has 3 rings (SSSR count). The van der Waals surface area contributed by atoms with E-state index in [9.17, 15) is 30.8 Å². The van der Waals surface area contributed by atoms with Gasteiger partial charge in [-0.25, -0.2) is 26.0 Å². The topological polar surface area (TPSA) is 90.7 Å². The van der Waals surface area contributed by atoms with E-state index in [1.165, 1.54) is 28.0 Å². The first kappa shape index (κ1) is 25.3. The second-order valence-electron chi connectivity index (χ2n) is 7.63. The Morgan fingerprint density at radius 3 is 2.29 bits per heavy atom. The van der Waals surface area contributed by atoms with Crippen LogP contribution in [0, 0.1) is 23.0 Å². The molecule has 0 radical (unpaired) electrons. The van der Waals surface area contributed by atoms with Gasteiger partial charge < -0.3 is 14.5 Å². The van der Waals surface area contributed by atoms with Gasteiger partial charge in [-0.05, 0) is 30.3 Å². The molecule has 1 amide bonds. The number of hydrogen-bond acceptors (Lipinski definition) is 6. The van der Waals surface area contributed by atoms with E-state index in [-0.39, 0.29) is 48.1 Å². The van der Waals surface area contributed by atoms with E-state index in [2.05, 4.69) is 0 Å². The molecule has 1 fully saturated rings. The van der Waals surface area contributed by atoms with Crippen molar-refractivity contribution in [3.05, 3.63) is 53.1 Å². The molecule has 0 aromatic heterocycles. The molecule has 1 saturated heterocycles. The first-order chi connectivity index (χ1) is 16.1. The van der Waals surface area contributed by atoms with Gasteiger partial charge in [0.1, 0.15) is 25.2 Å². The fourth-order valence-electron chi connectivity index (χ4n) is 3.48. The van der Waals surface area contributed by atoms with Crippen LogP contribution in [-0.4, -0.2) is 71.1 Å². The lowest BCUT2D eigenvalue weighted by Crippen LogP contribution is -2.49. The van der Waals surface area contributed by atoms with Crippen molar-refractivity contribution in [3.8, 4) is 11.8 Å². The van der Waals surface area contributed by atoms with Gasteiger partial charge in [0, 0.05) is 32.4 Å². The lowest BCUT2D eigenvalue weighted by atomic mass is 10.1. The second kappa shape index (κ2) is 10.3. The number of piperazine rings is 1. The molecule has 12 heteroatoms. The zero-order valence-corrected chi connectivity index (χ0v) is 18.9. The number of amides is 1. The third-order valence-corrected chi connectivity index (χ3v) is 6.45. The molecule has 2 aromatic carbocycles. The highest BCUT2D eigenvalue weighted by atomic mass is 32.2. The van der Waals surface area contributed by atoms with Gasteiger partial charge >= 0.3 is 0 Å². The summed E-state index contributed by atoms with van der Waals surface area (Å²) in [6.45, 7) is -1.93. The number of benzene rings is 2. The first-order valence-corrected chi connectivity index (χ1v) is 12.0. The number of carbonyl (C=O) groups is 1. The van der Waals surface area contributed by atoms with Gasteiger partial charge in [-0.3, -0.25) is 4.79 Å². The summed E-state index contributed by atoms with van der Waals surface area (Å²) < 4.78 is 83.5. The van der Waals surface area contributed by atoms with Crippen LogP contribution in [0.15, 0.2) is 35.2 Å². The fraction of sp³-hybridized carbons (Fsp3) is 0.364. The molecule has 0 saturated carbocycles. The fourth-order valence-corrected chi connectivity index (χ4v) is 4.13. The van der Waals surface area contributed by atoms with E-state index >= 15 is 0 Å². The monoisotopic (exact) mass is 499 g/mol. The lowest BCUT2D eigenvalue weighted by molar-refractivity contribution is 0.0732. The average molecular weight is 499 g/mol. The van der Waals surface area contributed by atoms with Gasteiger partial charge in [-0.15, -0.1) is 0 Å². The molecule has 2 aromatic rings. The second-order valence-corrected chi connectivity index (χ2v) is 9.65. The van der Waals surface area contributed by atoms with Crippen molar-refractivity contribution in [1.29, 1.82) is 5.26 Å². The number of carbonyl (C=O) groups excluding carboxylic acids is 1. The molecule has 0 unspecified atom stereocenters. The third kappa shape index (κ3) is 5.25. The number of halogens is 4. The summed E-state index contributed by atoms with van der Waals surface area (Å²) in [5, 5.41) is 8.82. The molecule has 1 aliphatic rings. The Bertz CT molecular complexity index is 1220. The van der Waals surface area contributed by atoms with E-state index < -0.39 is 52.4 Å². The molecule has 0 atom stereocenters. The Balaban J connectivity index is 1.84. The Morgan fingerprint density at radius 1 is 1.09 bits per heavy atom. The summed E-state index contributed by atoms with van der Waals surface area (Å²) in [6.07, 6.45) is -0.505. The largest absolute Gasteiger partial charge is 0.484 e. The van der Waals surface area contributed by atoms with E-state index in [0.717, 1.165) is 18.4 Å². The molecule has 0 bridgehead atoms. The third-order valence-electron chi connectivity index (χ3n) is 5.34. The van der Waals surface area contributed by atoms with Gasteiger partial charge in [-0.1, -0.05) is 0 Å². The summed E-state index contributed by atoms with van der Waals surface area (Å²) in [7, 11) is -3.69. The van der Waals surface area contributed by atoms with Crippen molar-refractivity contribution < 1.29 is 35.5 Å². The van der Waals surface area contributed by atoms with Crippen molar-refractivity contribution in [1.82, 2.24) is 4.90 Å². The number of ether oxygens (including phenoxy) is 1. The van der Waals surface area contributed by atoms with E-state index in [0.29, 0.717) is 0 Å². The standard InChI is InChI=1S/C22H21F4N3O4S/c1-34(31,32)16-3-5-19(33-15(11-23)12-24)17(10-16)22(30)29-8-6-28(7-9-29)18-4-2-14(13-27)20(25)21(18)26/h2-5,10,15H,6-9,11-12H2,1H3. The maximum Gasteiger partial charge on any atom is 0.257 e. The highest BCUT2D eigenvalue weighted by molar-refractivity contribution is 7.90. The van der Waals surface area contributed by atoms with Crippen LogP contribution in [0.1, 0.15) is 15.9 Å². The maximum absolute atomic E-state index is 14.4. The van der Waals surface area contributed by atoms with Crippen molar-refractivity contribution in [3.63, 3.8) is 0 Å². The van der Waals surface area contributed by atoms with Crippen molar-refractivity contribution >= 4 is 21.4 Å². The predicted octanol–water partition coefficient (Wildman–Crippen LogP) is 2.89. The predicted molar refractivity (Wildman–Crippen MR) is 115 cm³/mol. The minimum atomic E-state index is -3.69. The van der Waals surface area contributed by atoms with Crippen LogP contribution in [-0.2, 0) is 9.84 Å². The van der Waals surface area contributed by atoms with Crippen LogP contribution in [0.25, 0.3) is 0 Å². The summed E-state index contributed by atoms with van der Waals surface area (Å²) in [4.78, 5) is 15.9. The molecule has 34 heavy (non-hydrogen) atoms. The molecule has 7 nitrogen and oxygen atoms in total. The number of nitriles is 1. The van der Waals surface area contributed by atoms with Crippen LogP contribution in [0.3, 0.4) is 0 Å². The smallest absolute Gasteiger partial charge is 0.257 e. The molecule has 0 aliphatic carbocycles. The van der Waals surface area contributed by atoms with Crippen molar-refractivity contribution in [2.24, 2.45) is 0 Å². The van der Waals surface area contributed by atoms with Crippen LogP contribution >= 0.6 is 0 Å². The number of nitrogens with zero attached hydrogens (tertiary/aromatic N) is 3. The molecule has 182 valence electrons. The number of sulfone groups is 1. The molecular weight excluding hydrogens is 478 g/mol. The Kier molecular flexibility index (Phi) is 7.66. The lowest BCUT2D eigenvalue weighted by Gasteiger charge is -2.36. The van der Waals surface area contributed by atoms with Gasteiger partial charge in [0.15, 0.2) is 27.6 Å². The Hall–Kier alpha value is -3.33. The number of alkyl halides is 2. The summed E-state index contributed by atoms with van der Waals surface area (Å²) in [5.41, 5.74) is -0.660. The quantitative estimate of drug-likeness (QED) is 0.545. The normalized spacial score (nSPS) is 14.3. The maximum atomic E-state index is 14.4. The first-order valence-electron chi connectivity index (χ1n) is 10.2. The van der Waals surface area contributed by atoms with Crippen LogP contribution < -0.4 is 9.64 Å². The zero-order chi connectivity index (χ0) is 25.0. The Morgan fingerprint density at radius 2 is 1.74 bits per heavy atom. The van der Waals surface area contributed by atoms with Crippen LogP contribution in [0.4, 0.5) is 23.2 Å². The minimum absolute atomic E-state index is 0.0552. The van der Waals surface area contributed by atoms with Gasteiger partial charge in [0.2, 0.25) is 0 Å². The number of anilines is 1. The molecule has 1 heterocycles. The highest BCUT2D eigenvalue weighted by Gasteiger charge is 2.28. The Labute approximate surface area is 194 Å². The van der Waals surface area contributed by atoms with Gasteiger partial charge in [0.25, 0.3) is 5.91 Å². The molecule has 0 spiro atoms.